The predicted octanol–water partition coefficient (Wildman–Crippen LogP) is 3.11. The van der Waals surface area contributed by atoms with E-state index in [1.54, 1.807) is 62.4 Å². The van der Waals surface area contributed by atoms with Crippen molar-refractivity contribution in [2.24, 2.45) is 0 Å². The van der Waals surface area contributed by atoms with Gasteiger partial charge in [-0.2, -0.15) is 0 Å². The van der Waals surface area contributed by atoms with Gasteiger partial charge >= 0.3 is 0 Å². The van der Waals surface area contributed by atoms with Crippen molar-refractivity contribution in [2.45, 2.75) is 24.3 Å². The molecule has 0 bridgehead atoms. The Morgan fingerprint density at radius 2 is 1.63 bits per heavy atom. The third-order valence-electron chi connectivity index (χ3n) is 5.72. The van der Waals surface area contributed by atoms with Crippen LogP contribution < -0.4 is 14.5 Å². The lowest BCUT2D eigenvalue weighted by molar-refractivity contribution is -0.125. The van der Waals surface area contributed by atoms with Gasteiger partial charge in [0.05, 0.1) is 22.0 Å². The molecular weight excluding hydrogens is 402 g/mol. The van der Waals surface area contributed by atoms with Crippen LogP contribution in [0.1, 0.15) is 13.8 Å². The number of sulfonamides is 1. The quantitative estimate of drug-likeness (QED) is 0.689. The van der Waals surface area contributed by atoms with Crippen LogP contribution in [-0.4, -0.2) is 32.3 Å². The maximum Gasteiger partial charge on any atom is 0.265 e. The first-order valence-corrected chi connectivity index (χ1v) is 10.9. The summed E-state index contributed by atoms with van der Waals surface area (Å²) in [5.74, 6) is -0.806. The Balaban J connectivity index is 1.60. The number of carbonyl (C=O) groups is 2. The van der Waals surface area contributed by atoms with Gasteiger partial charge in [0.15, 0.2) is 0 Å². The Morgan fingerprint density at radius 3 is 2.40 bits per heavy atom. The minimum Gasteiger partial charge on any atom is -0.322 e. The predicted molar refractivity (Wildman–Crippen MR) is 115 cm³/mol. The maximum absolute atomic E-state index is 13.5. The van der Waals surface area contributed by atoms with Gasteiger partial charge in [0, 0.05) is 5.39 Å². The molecule has 5 rings (SSSR count). The molecule has 152 valence electrons. The highest BCUT2D eigenvalue weighted by Gasteiger charge is 2.45. The average molecular weight is 421 g/mol. The second kappa shape index (κ2) is 6.06. The summed E-state index contributed by atoms with van der Waals surface area (Å²) in [4.78, 5) is 27.7. The Morgan fingerprint density at radius 1 is 0.967 bits per heavy atom. The summed E-state index contributed by atoms with van der Waals surface area (Å²) in [5.41, 5.74) is 0.363. The highest BCUT2D eigenvalue weighted by Crippen LogP contribution is 2.43. The zero-order valence-electron chi connectivity index (χ0n) is 16.4. The lowest BCUT2D eigenvalue weighted by Crippen LogP contribution is -2.60. The molecule has 0 atom stereocenters. The summed E-state index contributed by atoms with van der Waals surface area (Å²) in [7, 11) is -3.88. The van der Waals surface area contributed by atoms with Crippen LogP contribution in [0.25, 0.3) is 10.8 Å². The standard InChI is InChI=1S/C22H19N3O4S/c1-22(2)21(27)23-15-9-3-4-10-16(15)25(22)19(26)13-24-17-11-5-7-14-8-6-12-18(20(14)17)30(24,28)29/h3-12H,13H2,1-2H3,(H,23,27). The number of rotatable bonds is 2. The number of nitrogens with zero attached hydrogens (tertiary/aromatic N) is 2. The van der Waals surface area contributed by atoms with Gasteiger partial charge in [-0.15, -0.1) is 0 Å². The molecule has 0 aromatic heterocycles. The van der Waals surface area contributed by atoms with E-state index >= 15 is 0 Å². The van der Waals surface area contributed by atoms with E-state index in [0.717, 1.165) is 9.69 Å². The molecule has 2 heterocycles. The van der Waals surface area contributed by atoms with E-state index in [9.17, 15) is 18.0 Å². The summed E-state index contributed by atoms with van der Waals surface area (Å²) in [6, 6.07) is 17.4. The van der Waals surface area contributed by atoms with Gasteiger partial charge < -0.3 is 5.32 Å². The molecule has 30 heavy (non-hydrogen) atoms. The second-order valence-corrected chi connectivity index (χ2v) is 9.73. The number of fused-ring (bicyclic) bond motifs is 1. The summed E-state index contributed by atoms with van der Waals surface area (Å²) < 4.78 is 27.6. The molecule has 3 aromatic rings. The van der Waals surface area contributed by atoms with Gasteiger partial charge in [-0.05, 0) is 43.5 Å². The largest absolute Gasteiger partial charge is 0.322 e. The fraction of sp³-hybridized carbons (Fsp3) is 0.182. The van der Waals surface area contributed by atoms with Gasteiger partial charge in [-0.3, -0.25) is 18.8 Å². The molecule has 0 unspecified atom stereocenters. The summed E-state index contributed by atoms with van der Waals surface area (Å²) >= 11 is 0. The summed E-state index contributed by atoms with van der Waals surface area (Å²) in [6.45, 7) is 2.88. The number of benzene rings is 3. The molecule has 0 spiro atoms. The van der Waals surface area contributed by atoms with E-state index in [0.29, 0.717) is 22.4 Å². The van der Waals surface area contributed by atoms with Crippen molar-refractivity contribution in [2.75, 3.05) is 21.1 Å². The lowest BCUT2D eigenvalue weighted by atomic mass is 9.96. The van der Waals surface area contributed by atoms with Crippen LogP contribution >= 0.6 is 0 Å². The lowest BCUT2D eigenvalue weighted by Gasteiger charge is -2.42. The van der Waals surface area contributed by atoms with Gasteiger partial charge in [0.25, 0.3) is 10.0 Å². The van der Waals surface area contributed by atoms with Crippen LogP contribution in [0.3, 0.4) is 0 Å². The van der Waals surface area contributed by atoms with Crippen LogP contribution in [0.15, 0.2) is 65.6 Å². The smallest absolute Gasteiger partial charge is 0.265 e. The number of nitrogens with one attached hydrogen (secondary N) is 1. The van der Waals surface area contributed by atoms with Crippen LogP contribution in [-0.2, 0) is 19.6 Å². The minimum atomic E-state index is -3.88. The van der Waals surface area contributed by atoms with Crippen LogP contribution in [0.4, 0.5) is 17.1 Å². The third kappa shape index (κ3) is 2.40. The molecule has 3 aromatic carbocycles. The molecule has 0 saturated carbocycles. The Hall–Kier alpha value is -3.39. The van der Waals surface area contributed by atoms with E-state index in [-0.39, 0.29) is 10.8 Å². The average Bonchev–Trinajstić information content (AvgIpc) is 2.92. The van der Waals surface area contributed by atoms with Gasteiger partial charge in [0.2, 0.25) is 11.8 Å². The highest BCUT2D eigenvalue weighted by atomic mass is 32.2. The molecule has 2 aliphatic heterocycles. The van der Waals surface area contributed by atoms with Crippen molar-refractivity contribution in [3.8, 4) is 0 Å². The molecule has 2 aliphatic rings. The molecule has 0 saturated heterocycles. The molecule has 0 radical (unpaired) electrons. The number of hydrogen-bond acceptors (Lipinski definition) is 4. The second-order valence-electron chi connectivity index (χ2n) is 7.90. The molecule has 1 N–H and O–H groups in total. The van der Waals surface area contributed by atoms with Gasteiger partial charge in [-0.1, -0.05) is 36.4 Å². The SMILES string of the molecule is CC1(C)C(=O)Nc2ccccc2N1C(=O)CN1c2cccc3cccc(c23)S1(=O)=O. The van der Waals surface area contributed by atoms with E-state index < -0.39 is 28.0 Å². The fourth-order valence-electron chi connectivity index (χ4n) is 4.22. The minimum absolute atomic E-state index is 0.194. The van der Waals surface area contributed by atoms with Crippen LogP contribution in [0.2, 0.25) is 0 Å². The molecule has 0 fully saturated rings. The van der Waals surface area contributed by atoms with Crippen molar-refractivity contribution in [3.63, 3.8) is 0 Å². The van der Waals surface area contributed by atoms with E-state index in [2.05, 4.69) is 5.32 Å². The molecule has 7 nitrogen and oxygen atoms in total. The normalized spacial score (nSPS) is 18.3. The summed E-state index contributed by atoms with van der Waals surface area (Å²) in [6.07, 6.45) is 0. The number of anilines is 3. The molecule has 8 heteroatoms. The zero-order chi connectivity index (χ0) is 21.3. The Labute approximate surface area is 174 Å². The number of amides is 2. The topological polar surface area (TPSA) is 86.8 Å². The van der Waals surface area contributed by atoms with Crippen molar-refractivity contribution in [1.82, 2.24) is 0 Å². The third-order valence-corrected chi connectivity index (χ3v) is 7.52. The monoisotopic (exact) mass is 421 g/mol. The van der Waals surface area contributed by atoms with Crippen LogP contribution in [0.5, 0.6) is 0 Å². The van der Waals surface area contributed by atoms with Crippen molar-refractivity contribution < 1.29 is 18.0 Å². The number of hydrogen-bond donors (Lipinski definition) is 1. The first-order chi connectivity index (χ1) is 14.2. The van der Waals surface area contributed by atoms with Gasteiger partial charge in [0.1, 0.15) is 12.1 Å². The number of carbonyl (C=O) groups excluding carboxylic acids is 2. The van der Waals surface area contributed by atoms with Crippen molar-refractivity contribution >= 4 is 49.7 Å². The molecule has 2 amide bonds. The van der Waals surface area contributed by atoms with E-state index in [1.165, 1.54) is 4.90 Å². The first kappa shape index (κ1) is 18.6. The Kier molecular flexibility index (Phi) is 3.76. The number of para-hydroxylation sites is 2. The Bertz CT molecular complexity index is 1340. The molecule has 0 aliphatic carbocycles. The highest BCUT2D eigenvalue weighted by molar-refractivity contribution is 7.93. The van der Waals surface area contributed by atoms with Crippen LogP contribution in [0, 0.1) is 0 Å². The van der Waals surface area contributed by atoms with E-state index in [4.69, 9.17) is 0 Å². The van der Waals surface area contributed by atoms with Crippen molar-refractivity contribution in [3.05, 3.63) is 60.7 Å². The maximum atomic E-state index is 13.5. The van der Waals surface area contributed by atoms with Crippen molar-refractivity contribution in [1.29, 1.82) is 0 Å². The zero-order valence-corrected chi connectivity index (χ0v) is 17.2. The first-order valence-electron chi connectivity index (χ1n) is 9.51. The van der Waals surface area contributed by atoms with Gasteiger partial charge in [-0.25, -0.2) is 8.42 Å². The van der Waals surface area contributed by atoms with E-state index in [1.807, 2.05) is 12.1 Å². The fourth-order valence-corrected chi connectivity index (χ4v) is 5.88. The molecular formula is C22H19N3O4S. The summed E-state index contributed by atoms with van der Waals surface area (Å²) in [5, 5.41) is 4.22.